The number of aromatic amines is 1. The van der Waals surface area contributed by atoms with Crippen molar-refractivity contribution >= 4 is 15.9 Å². The molecule has 7 nitrogen and oxygen atoms in total. The normalized spacial score (nSPS) is 17.9. The van der Waals surface area contributed by atoms with Gasteiger partial charge in [0.1, 0.15) is 0 Å². The van der Waals surface area contributed by atoms with Gasteiger partial charge >= 0.3 is 0 Å². The highest BCUT2D eigenvalue weighted by atomic mass is 32.2. The maximum absolute atomic E-state index is 13.1. The fourth-order valence-corrected chi connectivity index (χ4v) is 4.66. The number of hydrogen-bond acceptors (Lipinski definition) is 4. The molecular weight excluding hydrogens is 364 g/mol. The van der Waals surface area contributed by atoms with Crippen molar-refractivity contribution in [3.63, 3.8) is 0 Å². The summed E-state index contributed by atoms with van der Waals surface area (Å²) in [5.41, 5.74) is 3.95. The van der Waals surface area contributed by atoms with Crippen LogP contribution in [0, 0.1) is 13.8 Å². The first kappa shape index (κ1) is 19.6. The summed E-state index contributed by atoms with van der Waals surface area (Å²) in [6.07, 6.45) is 4.63. The highest BCUT2D eigenvalue weighted by Gasteiger charge is 2.28. The van der Waals surface area contributed by atoms with E-state index in [4.69, 9.17) is 5.14 Å². The van der Waals surface area contributed by atoms with E-state index in [0.29, 0.717) is 24.2 Å². The predicted molar refractivity (Wildman–Crippen MR) is 103 cm³/mol. The second-order valence-electron chi connectivity index (χ2n) is 7.21. The number of nitrogens with one attached hydrogen (secondary N) is 1. The van der Waals surface area contributed by atoms with E-state index in [0.717, 1.165) is 30.5 Å². The summed E-state index contributed by atoms with van der Waals surface area (Å²) in [4.78, 5) is 14.9. The number of H-pyrrole nitrogens is 1. The summed E-state index contributed by atoms with van der Waals surface area (Å²) >= 11 is 0. The number of carbonyl (C=O) groups is 1. The van der Waals surface area contributed by atoms with Gasteiger partial charge in [-0.2, -0.15) is 5.10 Å². The number of likely N-dealkylation sites (tertiary alicyclic amines) is 1. The van der Waals surface area contributed by atoms with Crippen LogP contribution in [0.15, 0.2) is 23.2 Å². The zero-order valence-corrected chi connectivity index (χ0v) is 16.8. The van der Waals surface area contributed by atoms with Gasteiger partial charge in [0, 0.05) is 30.3 Å². The minimum Gasteiger partial charge on any atom is -0.338 e. The van der Waals surface area contributed by atoms with Crippen molar-refractivity contribution in [1.82, 2.24) is 15.1 Å². The van der Waals surface area contributed by atoms with Crippen LogP contribution in [0.25, 0.3) is 0 Å². The zero-order valence-electron chi connectivity index (χ0n) is 15.9. The monoisotopic (exact) mass is 390 g/mol. The van der Waals surface area contributed by atoms with Crippen LogP contribution in [-0.2, 0) is 16.4 Å². The van der Waals surface area contributed by atoms with Crippen LogP contribution >= 0.6 is 0 Å². The molecular formula is C19H26N4O3S. The van der Waals surface area contributed by atoms with E-state index in [1.54, 1.807) is 24.8 Å². The highest BCUT2D eigenvalue weighted by molar-refractivity contribution is 7.89. The third-order valence-corrected chi connectivity index (χ3v) is 6.46. The number of aryl methyl sites for hydroxylation is 2. The van der Waals surface area contributed by atoms with E-state index in [9.17, 15) is 13.2 Å². The van der Waals surface area contributed by atoms with Gasteiger partial charge in [0.25, 0.3) is 5.91 Å². The predicted octanol–water partition coefficient (Wildman–Crippen LogP) is 2.26. The molecule has 0 spiro atoms. The molecule has 1 atom stereocenters. The van der Waals surface area contributed by atoms with E-state index >= 15 is 0 Å². The first-order valence-electron chi connectivity index (χ1n) is 9.17. The van der Waals surface area contributed by atoms with Crippen molar-refractivity contribution < 1.29 is 13.2 Å². The molecule has 0 bridgehead atoms. The first-order valence-corrected chi connectivity index (χ1v) is 10.7. The fourth-order valence-electron chi connectivity index (χ4n) is 3.78. The number of piperidine rings is 1. The van der Waals surface area contributed by atoms with E-state index < -0.39 is 10.0 Å². The number of primary sulfonamides is 1. The van der Waals surface area contributed by atoms with Crippen molar-refractivity contribution in [2.24, 2.45) is 5.14 Å². The molecule has 1 fully saturated rings. The van der Waals surface area contributed by atoms with Gasteiger partial charge in [-0.25, -0.2) is 13.6 Å². The van der Waals surface area contributed by atoms with Crippen LogP contribution < -0.4 is 5.14 Å². The molecule has 146 valence electrons. The number of carbonyl (C=O) groups excluding carboxylic acids is 1. The average molecular weight is 391 g/mol. The second kappa shape index (κ2) is 7.44. The third kappa shape index (κ3) is 3.91. The largest absolute Gasteiger partial charge is 0.338 e. The number of nitrogens with zero attached hydrogens (tertiary/aromatic N) is 2. The minimum atomic E-state index is -3.88. The van der Waals surface area contributed by atoms with Crippen molar-refractivity contribution in [3.8, 4) is 0 Å². The molecule has 0 saturated carbocycles. The molecule has 0 radical (unpaired) electrons. The number of amides is 1. The smallest absolute Gasteiger partial charge is 0.253 e. The lowest BCUT2D eigenvalue weighted by Gasteiger charge is -2.33. The quantitative estimate of drug-likeness (QED) is 0.834. The first-order chi connectivity index (χ1) is 12.7. The molecule has 1 aromatic carbocycles. The average Bonchev–Trinajstić information content (AvgIpc) is 3.11. The molecule has 2 aromatic rings. The number of benzene rings is 1. The van der Waals surface area contributed by atoms with Crippen LogP contribution in [0.1, 0.15) is 58.4 Å². The number of sulfonamides is 1. The van der Waals surface area contributed by atoms with Crippen molar-refractivity contribution in [1.29, 1.82) is 0 Å². The number of rotatable bonds is 4. The Morgan fingerprint density at radius 2 is 2.11 bits per heavy atom. The van der Waals surface area contributed by atoms with E-state index in [2.05, 4.69) is 17.1 Å². The van der Waals surface area contributed by atoms with Crippen molar-refractivity contribution in [2.75, 3.05) is 13.1 Å². The Kier molecular flexibility index (Phi) is 5.39. The standard InChI is InChI=1S/C19H26N4O3S/c1-4-14-10-21-22-18(14)15-6-5-7-23(11-15)19(24)16-8-12(2)13(3)17(9-16)27(20,25)26/h8-10,15H,4-7,11H2,1-3H3,(H,21,22)(H2,20,25,26)/t15-/m0/s1. The Morgan fingerprint density at radius 3 is 2.78 bits per heavy atom. The summed E-state index contributed by atoms with van der Waals surface area (Å²) < 4.78 is 23.8. The molecule has 1 amide bonds. The van der Waals surface area contributed by atoms with Crippen LogP contribution in [-0.4, -0.2) is 42.5 Å². The van der Waals surface area contributed by atoms with Crippen molar-refractivity contribution in [2.45, 2.75) is 50.8 Å². The molecule has 1 saturated heterocycles. The lowest BCUT2D eigenvalue weighted by atomic mass is 9.91. The fraction of sp³-hybridized carbons (Fsp3) is 0.474. The second-order valence-corrected chi connectivity index (χ2v) is 8.74. The molecule has 3 rings (SSSR count). The summed E-state index contributed by atoms with van der Waals surface area (Å²) in [7, 11) is -3.88. The van der Waals surface area contributed by atoms with Crippen molar-refractivity contribution in [3.05, 3.63) is 46.3 Å². The molecule has 2 heterocycles. The van der Waals surface area contributed by atoms with E-state index in [1.165, 1.54) is 11.6 Å². The van der Waals surface area contributed by atoms with Gasteiger partial charge in [0.15, 0.2) is 0 Å². The minimum absolute atomic E-state index is 0.0150. The Labute approximate surface area is 160 Å². The molecule has 1 aromatic heterocycles. The number of hydrogen-bond donors (Lipinski definition) is 2. The number of aromatic nitrogens is 2. The van der Waals surface area contributed by atoms with Crippen LogP contribution in [0.3, 0.4) is 0 Å². The Morgan fingerprint density at radius 1 is 1.37 bits per heavy atom. The van der Waals surface area contributed by atoms with Gasteiger partial charge < -0.3 is 4.90 Å². The lowest BCUT2D eigenvalue weighted by Crippen LogP contribution is -2.39. The molecule has 1 aliphatic rings. The Balaban J connectivity index is 1.89. The topological polar surface area (TPSA) is 109 Å². The zero-order chi connectivity index (χ0) is 19.8. The number of nitrogens with two attached hydrogens (primary N) is 1. The highest BCUT2D eigenvalue weighted by Crippen LogP contribution is 2.29. The summed E-state index contributed by atoms with van der Waals surface area (Å²) in [5.74, 6) is 0.0506. The van der Waals surface area contributed by atoms with Gasteiger partial charge in [0.2, 0.25) is 10.0 Å². The van der Waals surface area contributed by atoms with Gasteiger partial charge in [0.05, 0.1) is 11.1 Å². The van der Waals surface area contributed by atoms with Gasteiger partial charge in [-0.05, 0) is 61.9 Å². The van der Waals surface area contributed by atoms with Gasteiger partial charge in [-0.1, -0.05) is 6.92 Å². The lowest BCUT2D eigenvalue weighted by molar-refractivity contribution is 0.0705. The van der Waals surface area contributed by atoms with Gasteiger partial charge in [-0.3, -0.25) is 9.89 Å². The van der Waals surface area contributed by atoms with Gasteiger partial charge in [-0.15, -0.1) is 0 Å². The van der Waals surface area contributed by atoms with Crippen LogP contribution in [0.5, 0.6) is 0 Å². The molecule has 0 aliphatic carbocycles. The molecule has 8 heteroatoms. The maximum atomic E-state index is 13.1. The summed E-state index contributed by atoms with van der Waals surface area (Å²) in [6.45, 7) is 6.82. The van der Waals surface area contributed by atoms with Crippen LogP contribution in [0.2, 0.25) is 0 Å². The summed E-state index contributed by atoms with van der Waals surface area (Å²) in [6, 6.07) is 3.14. The summed E-state index contributed by atoms with van der Waals surface area (Å²) in [5, 5.41) is 12.6. The molecule has 3 N–H and O–H groups in total. The SMILES string of the molecule is CCc1cn[nH]c1[C@H]1CCCN(C(=O)c2cc(C)c(C)c(S(N)(=O)=O)c2)C1. The maximum Gasteiger partial charge on any atom is 0.253 e. The van der Waals surface area contributed by atoms with Crippen LogP contribution in [0.4, 0.5) is 0 Å². The van der Waals surface area contributed by atoms with E-state index in [1.807, 2.05) is 6.20 Å². The third-order valence-electron chi connectivity index (χ3n) is 5.42. The Bertz CT molecular complexity index is 965. The molecule has 1 aliphatic heterocycles. The molecule has 0 unspecified atom stereocenters. The Hall–Kier alpha value is -2.19. The molecule has 27 heavy (non-hydrogen) atoms. The van der Waals surface area contributed by atoms with E-state index in [-0.39, 0.29) is 16.7 Å².